The maximum atomic E-state index is 13.8. The molecule has 1 atom stereocenters. The highest BCUT2D eigenvalue weighted by Gasteiger charge is 2.32. The predicted molar refractivity (Wildman–Crippen MR) is 147 cm³/mol. The van der Waals surface area contributed by atoms with E-state index in [2.05, 4.69) is 5.32 Å². The highest BCUT2D eigenvalue weighted by molar-refractivity contribution is 7.92. The third-order valence-electron chi connectivity index (χ3n) is 5.82. The Morgan fingerprint density at radius 1 is 0.946 bits per heavy atom. The van der Waals surface area contributed by atoms with Crippen LogP contribution < -0.4 is 9.62 Å². The first-order valence-electron chi connectivity index (χ1n) is 11.7. The number of likely N-dealkylation sites (N-methyl/N-ethyl adjacent to an activating group) is 1. The van der Waals surface area contributed by atoms with Gasteiger partial charge in [-0.05, 0) is 68.8 Å². The summed E-state index contributed by atoms with van der Waals surface area (Å²) in [4.78, 5) is 27.8. The predicted octanol–water partition coefficient (Wildman–Crippen LogP) is 5.05. The van der Waals surface area contributed by atoms with Crippen LogP contribution in [0.3, 0.4) is 0 Å². The van der Waals surface area contributed by atoms with Crippen LogP contribution in [-0.2, 0) is 26.2 Å². The van der Waals surface area contributed by atoms with Gasteiger partial charge in [-0.15, -0.1) is 0 Å². The molecule has 0 aliphatic carbocycles. The van der Waals surface area contributed by atoms with Gasteiger partial charge < -0.3 is 10.2 Å². The number of carbonyl (C=O) groups is 2. The number of hydrogen-bond donors (Lipinski definition) is 1. The Labute approximate surface area is 228 Å². The molecule has 0 aromatic heterocycles. The fraction of sp³-hybridized carbons (Fsp3) is 0.259. The van der Waals surface area contributed by atoms with E-state index in [9.17, 15) is 18.0 Å². The van der Waals surface area contributed by atoms with Gasteiger partial charge in [-0.2, -0.15) is 0 Å². The number of rotatable bonds is 10. The maximum absolute atomic E-state index is 13.8. The number of nitrogens with zero attached hydrogens (tertiary/aromatic N) is 2. The van der Waals surface area contributed by atoms with Gasteiger partial charge >= 0.3 is 0 Å². The van der Waals surface area contributed by atoms with Gasteiger partial charge in [0.2, 0.25) is 11.8 Å². The summed E-state index contributed by atoms with van der Waals surface area (Å²) >= 11 is 12.3. The second-order valence-electron chi connectivity index (χ2n) is 8.48. The number of sulfonamides is 1. The molecule has 2 amide bonds. The van der Waals surface area contributed by atoms with Crippen molar-refractivity contribution in [2.75, 3.05) is 17.4 Å². The van der Waals surface area contributed by atoms with Crippen LogP contribution in [0.2, 0.25) is 10.0 Å². The zero-order chi connectivity index (χ0) is 27.2. The normalized spacial score (nSPS) is 12.0. The van der Waals surface area contributed by atoms with Gasteiger partial charge in [0.1, 0.15) is 12.6 Å². The van der Waals surface area contributed by atoms with E-state index in [4.69, 9.17) is 23.2 Å². The van der Waals surface area contributed by atoms with Crippen molar-refractivity contribution in [1.29, 1.82) is 0 Å². The topological polar surface area (TPSA) is 86.8 Å². The quantitative estimate of drug-likeness (QED) is 0.375. The minimum absolute atomic E-state index is 0.0142. The highest BCUT2D eigenvalue weighted by Crippen LogP contribution is 2.26. The Kier molecular flexibility index (Phi) is 9.59. The zero-order valence-electron chi connectivity index (χ0n) is 20.8. The summed E-state index contributed by atoms with van der Waals surface area (Å²) in [7, 11) is -4.15. The molecule has 0 unspecified atom stereocenters. The standard InChI is InChI=1S/C27H29Cl2N3O4S/c1-4-30-27(34)20(3)31(17-21-7-5-6-8-25(21)29)26(33)18-32(23-13-9-19(2)10-14-23)37(35,36)24-15-11-22(28)12-16-24/h5-16,20H,4,17-18H2,1-3H3,(H,30,34)/t20-/m1/s1. The summed E-state index contributed by atoms with van der Waals surface area (Å²) < 4.78 is 28.5. The Morgan fingerprint density at radius 2 is 1.57 bits per heavy atom. The molecule has 0 saturated heterocycles. The Hall–Kier alpha value is -3.07. The molecular formula is C27H29Cl2N3O4S. The maximum Gasteiger partial charge on any atom is 0.264 e. The van der Waals surface area contributed by atoms with E-state index >= 15 is 0 Å². The van der Waals surface area contributed by atoms with E-state index < -0.39 is 28.5 Å². The molecule has 0 radical (unpaired) electrons. The van der Waals surface area contributed by atoms with Crippen LogP contribution in [0.4, 0.5) is 5.69 Å². The molecule has 3 rings (SSSR count). The largest absolute Gasteiger partial charge is 0.355 e. The lowest BCUT2D eigenvalue weighted by Crippen LogP contribution is -2.51. The minimum Gasteiger partial charge on any atom is -0.355 e. The second-order valence-corrected chi connectivity index (χ2v) is 11.2. The fourth-order valence-electron chi connectivity index (χ4n) is 3.69. The van der Waals surface area contributed by atoms with Crippen LogP contribution in [0.15, 0.2) is 77.7 Å². The van der Waals surface area contributed by atoms with Gasteiger partial charge in [0.15, 0.2) is 0 Å². The van der Waals surface area contributed by atoms with Gasteiger partial charge in [-0.1, -0.05) is 59.1 Å². The molecule has 0 bridgehead atoms. The lowest BCUT2D eigenvalue weighted by molar-refractivity contribution is -0.139. The third kappa shape index (κ3) is 7.03. The van der Waals surface area contributed by atoms with E-state index in [1.807, 2.05) is 6.92 Å². The summed E-state index contributed by atoms with van der Waals surface area (Å²) in [5.74, 6) is -0.915. The molecule has 0 spiro atoms. The van der Waals surface area contributed by atoms with Crippen molar-refractivity contribution in [2.45, 2.75) is 38.3 Å². The van der Waals surface area contributed by atoms with E-state index in [-0.39, 0.29) is 17.3 Å². The fourth-order valence-corrected chi connectivity index (χ4v) is 5.42. The van der Waals surface area contributed by atoms with Crippen LogP contribution in [-0.4, -0.2) is 44.3 Å². The molecule has 0 aliphatic rings. The Balaban J connectivity index is 2.03. The minimum atomic E-state index is -4.15. The summed E-state index contributed by atoms with van der Waals surface area (Å²) in [5, 5.41) is 3.55. The molecular weight excluding hydrogens is 533 g/mol. The average molecular weight is 563 g/mol. The molecule has 196 valence electrons. The number of benzene rings is 3. The Morgan fingerprint density at radius 3 is 2.16 bits per heavy atom. The summed E-state index contributed by atoms with van der Waals surface area (Å²) in [6, 6.07) is 18.7. The van der Waals surface area contributed by atoms with Crippen molar-refractivity contribution in [2.24, 2.45) is 0 Å². The van der Waals surface area contributed by atoms with Crippen molar-refractivity contribution in [3.63, 3.8) is 0 Å². The van der Waals surface area contributed by atoms with Gasteiger partial charge in [0, 0.05) is 23.1 Å². The van der Waals surface area contributed by atoms with E-state index in [0.717, 1.165) is 9.87 Å². The first kappa shape index (κ1) is 28.5. The number of nitrogens with one attached hydrogen (secondary N) is 1. The van der Waals surface area contributed by atoms with Crippen LogP contribution in [0.25, 0.3) is 0 Å². The lowest BCUT2D eigenvalue weighted by atomic mass is 10.1. The summed E-state index contributed by atoms with van der Waals surface area (Å²) in [6.07, 6.45) is 0. The number of amides is 2. The average Bonchev–Trinajstić information content (AvgIpc) is 2.87. The lowest BCUT2D eigenvalue weighted by Gasteiger charge is -2.32. The van der Waals surface area contributed by atoms with Gasteiger partial charge in [-0.25, -0.2) is 8.42 Å². The molecule has 0 saturated carbocycles. The van der Waals surface area contributed by atoms with E-state index in [1.165, 1.54) is 29.2 Å². The number of halogens is 2. The number of anilines is 1. The third-order valence-corrected chi connectivity index (χ3v) is 8.23. The summed E-state index contributed by atoms with van der Waals surface area (Å²) in [5.41, 5.74) is 1.89. The van der Waals surface area contributed by atoms with Crippen molar-refractivity contribution in [1.82, 2.24) is 10.2 Å². The highest BCUT2D eigenvalue weighted by atomic mass is 35.5. The molecule has 3 aromatic rings. The Bertz CT molecular complexity index is 1350. The van der Waals surface area contributed by atoms with Crippen LogP contribution in [0.1, 0.15) is 25.0 Å². The van der Waals surface area contributed by atoms with Crippen molar-refractivity contribution in [3.8, 4) is 0 Å². The smallest absolute Gasteiger partial charge is 0.264 e. The van der Waals surface area contributed by atoms with Gasteiger partial charge in [0.25, 0.3) is 10.0 Å². The molecule has 0 fully saturated rings. The zero-order valence-corrected chi connectivity index (χ0v) is 23.1. The SMILES string of the molecule is CCNC(=O)[C@@H](C)N(Cc1ccccc1Cl)C(=O)CN(c1ccc(C)cc1)S(=O)(=O)c1ccc(Cl)cc1. The van der Waals surface area contributed by atoms with Crippen molar-refractivity contribution < 1.29 is 18.0 Å². The number of aryl methyl sites for hydroxylation is 1. The van der Waals surface area contributed by atoms with E-state index in [0.29, 0.717) is 27.8 Å². The molecule has 1 N–H and O–H groups in total. The van der Waals surface area contributed by atoms with E-state index in [1.54, 1.807) is 62.4 Å². The second kappa shape index (κ2) is 12.4. The monoisotopic (exact) mass is 561 g/mol. The van der Waals surface area contributed by atoms with Crippen LogP contribution >= 0.6 is 23.2 Å². The van der Waals surface area contributed by atoms with Crippen molar-refractivity contribution in [3.05, 3.63) is 94.0 Å². The van der Waals surface area contributed by atoms with Gasteiger partial charge in [-0.3, -0.25) is 13.9 Å². The molecule has 37 heavy (non-hydrogen) atoms. The first-order chi connectivity index (χ1) is 17.5. The molecule has 10 heteroatoms. The molecule has 0 heterocycles. The van der Waals surface area contributed by atoms with Crippen LogP contribution in [0.5, 0.6) is 0 Å². The molecule has 0 aliphatic heterocycles. The molecule has 7 nitrogen and oxygen atoms in total. The van der Waals surface area contributed by atoms with Gasteiger partial charge in [0.05, 0.1) is 10.6 Å². The summed E-state index contributed by atoms with van der Waals surface area (Å²) in [6.45, 7) is 5.15. The molecule has 3 aromatic carbocycles. The number of hydrogen-bond acceptors (Lipinski definition) is 4. The van der Waals surface area contributed by atoms with Crippen molar-refractivity contribution >= 4 is 50.7 Å². The first-order valence-corrected chi connectivity index (χ1v) is 13.9. The van der Waals surface area contributed by atoms with Crippen LogP contribution in [0, 0.1) is 6.92 Å². The number of carbonyl (C=O) groups excluding carboxylic acids is 2.